The number of fused-ring (bicyclic) bond motifs is 5. The fraction of sp³-hybridized carbons (Fsp3) is 0.958. The zero-order valence-electron chi connectivity index (χ0n) is 18.2. The van der Waals surface area contributed by atoms with Crippen molar-refractivity contribution in [2.75, 3.05) is 19.0 Å². The molecule has 0 spiro atoms. The van der Waals surface area contributed by atoms with Gasteiger partial charge in [-0.25, -0.2) is 0 Å². The number of Topliss-reactive ketones (excluding diaryl/α,β-unsaturated/α-hetero) is 1. The number of carbonyl (C=O) groups excluding carboxylic acids is 1. The summed E-state index contributed by atoms with van der Waals surface area (Å²) in [6, 6.07) is 0. The molecule has 0 amide bonds. The molecule has 0 aromatic heterocycles. The quantitative estimate of drug-likeness (QED) is 0.580. The highest BCUT2D eigenvalue weighted by atomic mass is 79.9. The van der Waals surface area contributed by atoms with Gasteiger partial charge in [-0.3, -0.25) is 4.79 Å². The standard InChI is InChI=1S/C24H39BrO3/c1-21-9-7-16-17-5-6-19(20(26)13-25)23(17,3)10-8-18(16)24(21,15-28-4)12-11-22(2,27)14-21/h16-19,27H,5-15H2,1-4H3/t16-,17-,18-,19+,21+,22+,23-,24?/m0/s1. The fourth-order valence-corrected chi connectivity index (χ4v) is 9.35. The minimum absolute atomic E-state index is 0.156. The molecule has 0 bridgehead atoms. The van der Waals surface area contributed by atoms with Crippen LogP contribution in [0.3, 0.4) is 0 Å². The monoisotopic (exact) mass is 454 g/mol. The van der Waals surface area contributed by atoms with E-state index in [-0.39, 0.29) is 22.2 Å². The van der Waals surface area contributed by atoms with Crippen LogP contribution in [0.1, 0.15) is 78.6 Å². The lowest BCUT2D eigenvalue weighted by atomic mass is 9.39. The van der Waals surface area contributed by atoms with Crippen LogP contribution < -0.4 is 0 Å². The second kappa shape index (κ2) is 7.05. The molecular formula is C24H39BrO3. The van der Waals surface area contributed by atoms with Crippen molar-refractivity contribution >= 4 is 21.7 Å². The molecule has 28 heavy (non-hydrogen) atoms. The first-order valence-corrected chi connectivity index (χ1v) is 12.5. The summed E-state index contributed by atoms with van der Waals surface area (Å²) in [7, 11) is 1.86. The average molecular weight is 455 g/mol. The summed E-state index contributed by atoms with van der Waals surface area (Å²) in [6.45, 7) is 7.73. The van der Waals surface area contributed by atoms with Crippen molar-refractivity contribution in [2.24, 2.45) is 39.9 Å². The molecule has 0 aromatic carbocycles. The van der Waals surface area contributed by atoms with E-state index in [9.17, 15) is 9.90 Å². The second-order valence-electron chi connectivity index (χ2n) is 11.5. The lowest BCUT2D eigenvalue weighted by Gasteiger charge is -2.67. The predicted molar refractivity (Wildman–Crippen MR) is 115 cm³/mol. The molecule has 8 atom stereocenters. The number of ether oxygens (including phenoxy) is 1. The smallest absolute Gasteiger partial charge is 0.147 e. The summed E-state index contributed by atoms with van der Waals surface area (Å²) in [5.41, 5.74) is -0.00789. The summed E-state index contributed by atoms with van der Waals surface area (Å²) < 4.78 is 5.90. The number of hydrogen-bond donors (Lipinski definition) is 1. The van der Waals surface area contributed by atoms with Gasteiger partial charge in [-0.1, -0.05) is 29.8 Å². The Hall–Kier alpha value is 0.0700. The van der Waals surface area contributed by atoms with Crippen molar-refractivity contribution in [1.29, 1.82) is 0 Å². The van der Waals surface area contributed by atoms with Crippen molar-refractivity contribution in [3.05, 3.63) is 0 Å². The summed E-state index contributed by atoms with van der Waals surface area (Å²) in [6.07, 6.45) is 10.0. The Morgan fingerprint density at radius 3 is 2.46 bits per heavy atom. The van der Waals surface area contributed by atoms with Gasteiger partial charge in [0.15, 0.2) is 0 Å². The van der Waals surface area contributed by atoms with Gasteiger partial charge in [0.25, 0.3) is 0 Å². The molecule has 3 nitrogen and oxygen atoms in total. The third-order valence-corrected chi connectivity index (χ3v) is 10.7. The molecule has 0 radical (unpaired) electrons. The fourth-order valence-electron chi connectivity index (χ4n) is 8.96. The normalized spacial score (nSPS) is 53.2. The van der Waals surface area contributed by atoms with Crippen molar-refractivity contribution in [3.8, 4) is 0 Å². The van der Waals surface area contributed by atoms with Crippen molar-refractivity contribution in [2.45, 2.75) is 84.2 Å². The zero-order chi connectivity index (χ0) is 20.4. The molecule has 0 saturated heterocycles. The maximum absolute atomic E-state index is 12.7. The van der Waals surface area contributed by atoms with Gasteiger partial charge < -0.3 is 9.84 Å². The maximum atomic E-state index is 12.7. The zero-order valence-corrected chi connectivity index (χ0v) is 19.8. The van der Waals surface area contributed by atoms with Crippen molar-refractivity contribution < 1.29 is 14.6 Å². The number of aliphatic hydroxyl groups is 1. The number of carbonyl (C=O) groups is 1. The van der Waals surface area contributed by atoms with Crippen LogP contribution in [0, 0.1) is 39.9 Å². The van der Waals surface area contributed by atoms with E-state index in [4.69, 9.17) is 4.74 Å². The Labute approximate surface area is 179 Å². The molecule has 1 unspecified atom stereocenters. The second-order valence-corrected chi connectivity index (χ2v) is 12.1. The molecule has 0 heterocycles. The number of ketones is 1. The van der Waals surface area contributed by atoms with Gasteiger partial charge in [0.1, 0.15) is 5.78 Å². The number of hydrogen-bond acceptors (Lipinski definition) is 3. The Bertz CT molecular complexity index is 633. The summed E-state index contributed by atoms with van der Waals surface area (Å²) in [4.78, 5) is 12.7. The Balaban J connectivity index is 1.68. The van der Waals surface area contributed by atoms with Gasteiger partial charge in [0.05, 0.1) is 17.5 Å². The highest BCUT2D eigenvalue weighted by Gasteiger charge is 2.66. The van der Waals surface area contributed by atoms with Crippen LogP contribution in [0.15, 0.2) is 0 Å². The lowest BCUT2D eigenvalue weighted by molar-refractivity contribution is -0.215. The van der Waals surface area contributed by atoms with Gasteiger partial charge in [0, 0.05) is 18.4 Å². The van der Waals surface area contributed by atoms with E-state index in [0.29, 0.717) is 22.9 Å². The lowest BCUT2D eigenvalue weighted by Crippen LogP contribution is -2.62. The first-order chi connectivity index (χ1) is 13.1. The van der Waals surface area contributed by atoms with E-state index >= 15 is 0 Å². The number of halogens is 1. The maximum Gasteiger partial charge on any atom is 0.147 e. The van der Waals surface area contributed by atoms with Gasteiger partial charge in [-0.15, -0.1) is 0 Å². The van der Waals surface area contributed by atoms with E-state index in [1.54, 1.807) is 0 Å². The summed E-state index contributed by atoms with van der Waals surface area (Å²) in [5.74, 6) is 2.75. The summed E-state index contributed by atoms with van der Waals surface area (Å²) >= 11 is 3.44. The molecule has 4 saturated carbocycles. The van der Waals surface area contributed by atoms with Crippen LogP contribution in [-0.4, -0.2) is 35.5 Å². The van der Waals surface area contributed by atoms with Gasteiger partial charge >= 0.3 is 0 Å². The number of rotatable bonds is 4. The van der Waals surface area contributed by atoms with Gasteiger partial charge in [-0.2, -0.15) is 0 Å². The van der Waals surface area contributed by atoms with Crippen LogP contribution in [-0.2, 0) is 9.53 Å². The molecule has 160 valence electrons. The molecule has 4 aliphatic rings. The van der Waals surface area contributed by atoms with Crippen LogP contribution in [0.2, 0.25) is 0 Å². The number of alkyl halides is 1. The van der Waals surface area contributed by atoms with Crippen LogP contribution in [0.4, 0.5) is 0 Å². The Morgan fingerprint density at radius 2 is 1.79 bits per heavy atom. The van der Waals surface area contributed by atoms with E-state index in [2.05, 4.69) is 29.8 Å². The van der Waals surface area contributed by atoms with E-state index < -0.39 is 5.60 Å². The van der Waals surface area contributed by atoms with Crippen LogP contribution in [0.25, 0.3) is 0 Å². The third kappa shape index (κ3) is 2.91. The first kappa shape index (κ1) is 21.3. The molecule has 4 aliphatic carbocycles. The minimum atomic E-state index is -0.539. The first-order valence-electron chi connectivity index (χ1n) is 11.4. The van der Waals surface area contributed by atoms with E-state index in [0.717, 1.165) is 38.2 Å². The van der Waals surface area contributed by atoms with E-state index in [1.165, 1.54) is 32.1 Å². The molecule has 4 fully saturated rings. The minimum Gasteiger partial charge on any atom is -0.390 e. The SMILES string of the molecule is COCC12CC[C@@](C)(O)C[C@@]1(C)CC[C@@H]1[C@@H]2CC[C@]2(C)[C@@H](C(=O)CBr)CC[C@@H]12. The Kier molecular flexibility index (Phi) is 5.37. The van der Waals surface area contributed by atoms with Gasteiger partial charge in [0.2, 0.25) is 0 Å². The highest BCUT2D eigenvalue weighted by molar-refractivity contribution is 9.09. The molecule has 1 N–H and O–H groups in total. The molecule has 0 aliphatic heterocycles. The van der Waals surface area contributed by atoms with E-state index in [1.807, 2.05) is 14.0 Å². The van der Waals surface area contributed by atoms with Gasteiger partial charge in [-0.05, 0) is 93.3 Å². The third-order valence-electron chi connectivity index (χ3n) is 10.2. The van der Waals surface area contributed by atoms with Crippen LogP contribution >= 0.6 is 15.9 Å². The molecule has 0 aromatic rings. The number of methoxy groups -OCH3 is 1. The highest BCUT2D eigenvalue weighted by Crippen LogP contribution is 2.71. The van der Waals surface area contributed by atoms with Crippen molar-refractivity contribution in [1.82, 2.24) is 0 Å². The Morgan fingerprint density at radius 1 is 1.04 bits per heavy atom. The predicted octanol–water partition coefficient (Wildman–Crippen LogP) is 5.38. The average Bonchev–Trinajstić information content (AvgIpc) is 2.98. The summed E-state index contributed by atoms with van der Waals surface area (Å²) in [5, 5.41) is 11.4. The molecule has 4 rings (SSSR count). The van der Waals surface area contributed by atoms with Crippen molar-refractivity contribution in [3.63, 3.8) is 0 Å². The topological polar surface area (TPSA) is 46.5 Å². The molecular weight excluding hydrogens is 416 g/mol. The largest absolute Gasteiger partial charge is 0.390 e. The van der Waals surface area contributed by atoms with Crippen LogP contribution in [0.5, 0.6) is 0 Å². The molecule has 4 heteroatoms.